The lowest BCUT2D eigenvalue weighted by Crippen LogP contribution is -2.44. The van der Waals surface area contributed by atoms with Crippen LogP contribution in [0.3, 0.4) is 0 Å². The Morgan fingerprint density at radius 3 is 2.67 bits per heavy atom. The summed E-state index contributed by atoms with van der Waals surface area (Å²) in [5.41, 5.74) is 0.990. The van der Waals surface area contributed by atoms with Crippen LogP contribution in [0.1, 0.15) is 0 Å². The van der Waals surface area contributed by atoms with E-state index in [9.17, 15) is 0 Å². The third kappa shape index (κ3) is 2.02. The summed E-state index contributed by atoms with van der Waals surface area (Å²) in [4.78, 5) is 4.01. The van der Waals surface area contributed by atoms with Gasteiger partial charge in [-0.1, -0.05) is 0 Å². The minimum atomic E-state index is 0.601. The monoisotopic (exact) mass is 263 g/mol. The van der Waals surface area contributed by atoms with E-state index in [4.69, 9.17) is 17.0 Å². The first kappa shape index (κ1) is 11.4. The van der Waals surface area contributed by atoms with Crippen molar-refractivity contribution >= 4 is 12.2 Å². The van der Waals surface area contributed by atoms with Gasteiger partial charge in [0.15, 0.2) is 5.82 Å². The highest BCUT2D eigenvalue weighted by Crippen LogP contribution is 2.16. The Labute approximate surface area is 109 Å². The van der Waals surface area contributed by atoms with Gasteiger partial charge in [0.1, 0.15) is 0 Å². The normalized spacial score (nSPS) is 15.9. The molecule has 2 aromatic rings. The summed E-state index contributed by atoms with van der Waals surface area (Å²) in [5.74, 6) is 0.810. The van der Waals surface area contributed by atoms with Gasteiger partial charge < -0.3 is 9.75 Å². The summed E-state index contributed by atoms with van der Waals surface area (Å²) in [5, 5.41) is 9.29. The molecule has 0 radical (unpaired) electrons. The minimum absolute atomic E-state index is 0.601. The first-order valence-electron chi connectivity index (χ1n) is 5.77. The number of aromatic amines is 1. The van der Waals surface area contributed by atoms with Crippen molar-refractivity contribution in [2.45, 2.75) is 0 Å². The molecule has 18 heavy (non-hydrogen) atoms. The Morgan fingerprint density at radius 2 is 1.94 bits per heavy atom. The molecule has 1 saturated heterocycles. The number of ether oxygens (including phenoxy) is 1. The number of H-pyrrole nitrogens is 1. The largest absolute Gasteiger partial charge is 0.378 e. The number of hydrogen-bond acceptors (Lipinski definition) is 5. The van der Waals surface area contributed by atoms with Gasteiger partial charge >= 0.3 is 0 Å². The van der Waals surface area contributed by atoms with Crippen LogP contribution in [-0.4, -0.2) is 46.2 Å². The molecular weight excluding hydrogens is 250 g/mol. The van der Waals surface area contributed by atoms with E-state index < -0.39 is 0 Å². The van der Waals surface area contributed by atoms with Crippen molar-refractivity contribution in [2.75, 3.05) is 31.3 Å². The molecular formula is C11H13N5OS. The molecule has 0 bridgehead atoms. The number of rotatable bonds is 2. The molecule has 0 atom stereocenters. The zero-order valence-electron chi connectivity index (χ0n) is 9.74. The van der Waals surface area contributed by atoms with Gasteiger partial charge in [-0.25, -0.2) is 9.77 Å². The van der Waals surface area contributed by atoms with Crippen molar-refractivity contribution in [1.82, 2.24) is 19.9 Å². The second-order valence-electron chi connectivity index (χ2n) is 3.97. The number of morpholine rings is 1. The molecule has 0 amide bonds. The maximum atomic E-state index is 5.35. The van der Waals surface area contributed by atoms with Gasteiger partial charge in [0.25, 0.3) is 0 Å². The van der Waals surface area contributed by atoms with Crippen molar-refractivity contribution < 1.29 is 4.74 Å². The van der Waals surface area contributed by atoms with E-state index >= 15 is 0 Å². The molecule has 0 spiro atoms. The Bertz CT molecular complexity index is 573. The number of pyridine rings is 1. The SMILES string of the molecule is S=c1[nH]nc(-c2ccncc2)n1N1CCOCC1. The quantitative estimate of drug-likeness (QED) is 0.818. The summed E-state index contributed by atoms with van der Waals surface area (Å²) in [6.07, 6.45) is 3.49. The summed E-state index contributed by atoms with van der Waals surface area (Å²) in [6, 6.07) is 3.84. The first-order valence-corrected chi connectivity index (χ1v) is 6.18. The average Bonchev–Trinajstić information content (AvgIpc) is 2.83. The van der Waals surface area contributed by atoms with Gasteiger partial charge in [-0.2, -0.15) is 5.10 Å². The summed E-state index contributed by atoms with van der Waals surface area (Å²) in [6.45, 7) is 3.04. The Balaban J connectivity index is 2.03. The van der Waals surface area contributed by atoms with Crippen molar-refractivity contribution in [3.63, 3.8) is 0 Å². The van der Waals surface area contributed by atoms with Gasteiger partial charge in [0, 0.05) is 18.0 Å². The lowest BCUT2D eigenvalue weighted by Gasteiger charge is -2.30. The zero-order valence-corrected chi connectivity index (χ0v) is 10.6. The molecule has 1 aliphatic rings. The number of nitrogens with one attached hydrogen (secondary N) is 1. The molecule has 3 rings (SSSR count). The fourth-order valence-corrected chi connectivity index (χ4v) is 2.24. The van der Waals surface area contributed by atoms with Crippen LogP contribution < -0.4 is 5.01 Å². The van der Waals surface area contributed by atoms with Crippen LogP contribution in [0.15, 0.2) is 24.5 Å². The third-order valence-electron chi connectivity index (χ3n) is 2.86. The van der Waals surface area contributed by atoms with Crippen LogP contribution in [-0.2, 0) is 4.74 Å². The zero-order chi connectivity index (χ0) is 12.4. The highest BCUT2D eigenvalue weighted by molar-refractivity contribution is 7.71. The van der Waals surface area contributed by atoms with E-state index in [1.165, 1.54) is 0 Å². The minimum Gasteiger partial charge on any atom is -0.378 e. The summed E-state index contributed by atoms with van der Waals surface area (Å²) >= 11 is 5.30. The van der Waals surface area contributed by atoms with Gasteiger partial charge in [0.2, 0.25) is 4.77 Å². The summed E-state index contributed by atoms with van der Waals surface area (Å²) in [7, 11) is 0. The number of aromatic nitrogens is 4. The fourth-order valence-electron chi connectivity index (χ4n) is 2.00. The summed E-state index contributed by atoms with van der Waals surface area (Å²) < 4.78 is 7.89. The van der Waals surface area contributed by atoms with E-state index in [2.05, 4.69) is 20.2 Å². The highest BCUT2D eigenvalue weighted by Gasteiger charge is 2.17. The van der Waals surface area contributed by atoms with E-state index in [1.807, 2.05) is 16.8 Å². The maximum absolute atomic E-state index is 5.35. The van der Waals surface area contributed by atoms with E-state index in [0.717, 1.165) is 24.5 Å². The second-order valence-corrected chi connectivity index (χ2v) is 4.35. The second kappa shape index (κ2) is 4.87. The molecule has 0 saturated carbocycles. The lowest BCUT2D eigenvalue weighted by molar-refractivity contribution is 0.111. The third-order valence-corrected chi connectivity index (χ3v) is 3.12. The van der Waals surface area contributed by atoms with Crippen molar-refractivity contribution in [3.8, 4) is 11.4 Å². The molecule has 2 aromatic heterocycles. The molecule has 6 nitrogen and oxygen atoms in total. The predicted molar refractivity (Wildman–Crippen MR) is 69.4 cm³/mol. The van der Waals surface area contributed by atoms with E-state index in [-0.39, 0.29) is 0 Å². The van der Waals surface area contributed by atoms with Crippen molar-refractivity contribution in [2.24, 2.45) is 0 Å². The van der Waals surface area contributed by atoms with E-state index in [0.29, 0.717) is 18.0 Å². The highest BCUT2D eigenvalue weighted by atomic mass is 32.1. The van der Waals surface area contributed by atoms with Gasteiger partial charge in [-0.05, 0) is 24.4 Å². The van der Waals surface area contributed by atoms with E-state index in [1.54, 1.807) is 12.4 Å². The Kier molecular flexibility index (Phi) is 3.07. The fraction of sp³-hybridized carbons (Fsp3) is 0.364. The lowest BCUT2D eigenvalue weighted by atomic mass is 10.2. The molecule has 1 aliphatic heterocycles. The number of nitrogens with zero attached hydrogens (tertiary/aromatic N) is 4. The van der Waals surface area contributed by atoms with Gasteiger partial charge in [-0.3, -0.25) is 4.98 Å². The maximum Gasteiger partial charge on any atom is 0.214 e. The number of hydrogen-bond donors (Lipinski definition) is 1. The van der Waals surface area contributed by atoms with Gasteiger partial charge in [0.05, 0.1) is 26.3 Å². The van der Waals surface area contributed by atoms with Crippen molar-refractivity contribution in [3.05, 3.63) is 29.3 Å². The van der Waals surface area contributed by atoms with Gasteiger partial charge in [-0.15, -0.1) is 0 Å². The van der Waals surface area contributed by atoms with Crippen LogP contribution >= 0.6 is 12.2 Å². The molecule has 94 valence electrons. The molecule has 1 fully saturated rings. The molecule has 0 aromatic carbocycles. The average molecular weight is 263 g/mol. The predicted octanol–water partition coefficient (Wildman–Crippen LogP) is 0.971. The Hall–Kier alpha value is -1.73. The van der Waals surface area contributed by atoms with Crippen LogP contribution in [0.2, 0.25) is 0 Å². The van der Waals surface area contributed by atoms with Crippen LogP contribution in [0, 0.1) is 4.77 Å². The van der Waals surface area contributed by atoms with Crippen LogP contribution in [0.5, 0.6) is 0 Å². The van der Waals surface area contributed by atoms with Crippen molar-refractivity contribution in [1.29, 1.82) is 0 Å². The molecule has 0 aliphatic carbocycles. The topological polar surface area (TPSA) is 59.0 Å². The standard InChI is InChI=1S/C11H13N5OS/c18-11-14-13-10(9-1-3-12-4-2-9)16(11)15-5-7-17-8-6-15/h1-4H,5-8H2,(H,14,18). The smallest absolute Gasteiger partial charge is 0.214 e. The molecule has 1 N–H and O–H groups in total. The van der Waals surface area contributed by atoms with Crippen LogP contribution in [0.25, 0.3) is 11.4 Å². The first-order chi connectivity index (χ1) is 8.86. The molecule has 7 heteroatoms. The Morgan fingerprint density at radius 1 is 1.22 bits per heavy atom. The molecule has 0 unspecified atom stereocenters. The molecule has 3 heterocycles. The van der Waals surface area contributed by atoms with Crippen LogP contribution in [0.4, 0.5) is 0 Å².